The molecule has 2 aromatic rings. The molecule has 0 aliphatic carbocycles. The van der Waals surface area contributed by atoms with Crippen molar-refractivity contribution in [2.24, 2.45) is 10.7 Å². The third-order valence-corrected chi connectivity index (χ3v) is 7.82. The Morgan fingerprint density at radius 3 is 2.42 bits per heavy atom. The summed E-state index contributed by atoms with van der Waals surface area (Å²) in [6.07, 6.45) is 13.3. The molecule has 2 aromatic heterocycles. The monoisotopic (exact) mass is 555 g/mol. The van der Waals surface area contributed by atoms with Crippen molar-refractivity contribution in [3.05, 3.63) is 23.5 Å². The van der Waals surface area contributed by atoms with Crippen LogP contribution in [0.4, 0.5) is 11.6 Å². The molecule has 13 heteroatoms. The van der Waals surface area contributed by atoms with Gasteiger partial charge in [0.2, 0.25) is 5.91 Å². The van der Waals surface area contributed by atoms with Gasteiger partial charge in [0.05, 0.1) is 18.4 Å². The maximum Gasteiger partial charge on any atom is 0.271 e. The van der Waals surface area contributed by atoms with Crippen molar-refractivity contribution < 1.29 is 9.59 Å². The number of carbonyl (C=O) groups is 2. The molecule has 0 bridgehead atoms. The van der Waals surface area contributed by atoms with Crippen LogP contribution in [0, 0.1) is 6.92 Å². The highest BCUT2D eigenvalue weighted by molar-refractivity contribution is 5.95. The second kappa shape index (κ2) is 14.8. The van der Waals surface area contributed by atoms with Gasteiger partial charge in [0.15, 0.2) is 11.5 Å². The number of hydrogen-bond donors (Lipinski definition) is 5. The predicted octanol–water partition coefficient (Wildman–Crippen LogP) is 1.99. The molecule has 2 amide bonds. The number of aryl methyl sites for hydroxylation is 1. The van der Waals surface area contributed by atoms with E-state index >= 15 is 0 Å². The molecule has 0 radical (unpaired) electrons. The predicted molar refractivity (Wildman–Crippen MR) is 156 cm³/mol. The molecule has 1 atom stereocenters. The van der Waals surface area contributed by atoms with Crippen LogP contribution in [0.1, 0.15) is 86.0 Å². The van der Waals surface area contributed by atoms with Gasteiger partial charge in [-0.3, -0.25) is 24.8 Å². The Morgan fingerprint density at radius 2 is 1.73 bits per heavy atom. The molecule has 4 heterocycles. The smallest absolute Gasteiger partial charge is 0.271 e. The summed E-state index contributed by atoms with van der Waals surface area (Å²) in [6.45, 7) is 7.38. The van der Waals surface area contributed by atoms with Gasteiger partial charge in [-0.05, 0) is 26.3 Å². The van der Waals surface area contributed by atoms with E-state index in [0.717, 1.165) is 70.0 Å². The van der Waals surface area contributed by atoms with E-state index in [4.69, 9.17) is 11.5 Å². The van der Waals surface area contributed by atoms with Crippen molar-refractivity contribution in [3.63, 3.8) is 0 Å². The summed E-state index contributed by atoms with van der Waals surface area (Å²) < 4.78 is 1.83. The van der Waals surface area contributed by atoms with E-state index in [2.05, 4.69) is 35.5 Å². The highest BCUT2D eigenvalue weighted by atomic mass is 16.2. The first-order chi connectivity index (χ1) is 19.4. The van der Waals surface area contributed by atoms with E-state index in [1.54, 1.807) is 12.7 Å². The Morgan fingerprint density at radius 1 is 1.02 bits per heavy atom. The molecule has 0 spiro atoms. The van der Waals surface area contributed by atoms with Crippen LogP contribution in [0.5, 0.6) is 0 Å². The molecule has 13 nitrogen and oxygen atoms in total. The van der Waals surface area contributed by atoms with Crippen LogP contribution in [-0.2, 0) is 11.3 Å². The Balaban J connectivity index is 0.975. The average Bonchev–Trinajstić information content (AvgIpc) is 3.55. The third-order valence-electron chi connectivity index (χ3n) is 7.82. The first-order valence-corrected chi connectivity index (χ1v) is 14.6. The molecule has 4 rings (SSSR count). The highest BCUT2D eigenvalue weighted by Gasteiger charge is 2.22. The largest absolute Gasteiger partial charge is 0.383 e. The molecule has 0 unspecified atom stereocenters. The van der Waals surface area contributed by atoms with E-state index in [1.807, 2.05) is 16.4 Å². The van der Waals surface area contributed by atoms with Gasteiger partial charge in [0.25, 0.3) is 5.91 Å². The van der Waals surface area contributed by atoms with Gasteiger partial charge >= 0.3 is 0 Å². The lowest BCUT2D eigenvalue weighted by Crippen LogP contribution is -2.49. The molecule has 0 aromatic carbocycles. The van der Waals surface area contributed by atoms with Gasteiger partial charge < -0.3 is 31.2 Å². The molecule has 0 saturated carbocycles. The molecular formula is C27H45N11O2. The van der Waals surface area contributed by atoms with Crippen molar-refractivity contribution in [1.82, 2.24) is 34.6 Å². The van der Waals surface area contributed by atoms with Crippen LogP contribution >= 0.6 is 0 Å². The summed E-state index contributed by atoms with van der Waals surface area (Å²) in [4.78, 5) is 44.4. The van der Waals surface area contributed by atoms with Crippen molar-refractivity contribution >= 4 is 29.8 Å². The fraction of sp³-hybridized carbons (Fsp3) is 0.667. The zero-order valence-corrected chi connectivity index (χ0v) is 23.7. The molecular weight excluding hydrogens is 510 g/mol. The molecule has 2 aliphatic rings. The zero-order valence-electron chi connectivity index (χ0n) is 23.7. The van der Waals surface area contributed by atoms with Crippen LogP contribution in [-0.4, -0.2) is 86.7 Å². The number of aromatic amines is 1. The number of carbonyl (C=O) groups excluding carboxylic acids is 2. The van der Waals surface area contributed by atoms with E-state index in [9.17, 15) is 9.59 Å². The number of nitrogen functional groups attached to an aromatic ring is 1. The van der Waals surface area contributed by atoms with Crippen molar-refractivity contribution in [1.29, 1.82) is 0 Å². The normalized spacial score (nSPS) is 17.1. The number of anilines is 2. The summed E-state index contributed by atoms with van der Waals surface area (Å²) in [5.74, 6) is 1.52. The standard InChI is InChI=1S/C27H45N11O2/c1-20-35-22(25(29)40)24(28)38(20)17-14-36-12-15-37(16-13-36)21(39)10-8-6-4-2-3-5-7-9-11-30-26-23-27(32-18-31-23)34-19-33-26/h18-19,26,30H,2-17,28H2,1H3,(H2,29,40)(H,31,32)(H,33,34)/t26-/m1/s1. The first kappa shape index (κ1) is 29.5. The van der Waals surface area contributed by atoms with Gasteiger partial charge in [0.1, 0.15) is 17.8 Å². The number of amides is 2. The first-order valence-electron chi connectivity index (χ1n) is 14.6. The van der Waals surface area contributed by atoms with Crippen LogP contribution in [0.3, 0.4) is 0 Å². The highest BCUT2D eigenvalue weighted by Crippen LogP contribution is 2.22. The van der Waals surface area contributed by atoms with Crippen LogP contribution in [0.15, 0.2) is 11.3 Å². The SMILES string of the molecule is Cc1nc(C(N)=O)c(N)n1CCN1CCN(C(=O)CCCCCCCCCCN[C@@H]2N=CNc3nc[nH]c32)CC1. The Bertz CT molecular complexity index is 1130. The van der Waals surface area contributed by atoms with E-state index in [-0.39, 0.29) is 17.8 Å². The zero-order chi connectivity index (χ0) is 28.3. The van der Waals surface area contributed by atoms with Gasteiger partial charge in [-0.25, -0.2) is 9.97 Å². The summed E-state index contributed by atoms with van der Waals surface area (Å²) in [7, 11) is 0. The molecule has 2 aliphatic heterocycles. The summed E-state index contributed by atoms with van der Waals surface area (Å²) in [5.41, 5.74) is 12.5. The second-order valence-corrected chi connectivity index (χ2v) is 10.7. The Labute approximate surface area is 236 Å². The average molecular weight is 556 g/mol. The number of fused-ring (bicyclic) bond motifs is 1. The van der Waals surface area contributed by atoms with Crippen LogP contribution in [0.2, 0.25) is 0 Å². The molecule has 1 saturated heterocycles. The number of imidazole rings is 2. The summed E-state index contributed by atoms with van der Waals surface area (Å²) in [6, 6.07) is 0. The quantitative estimate of drug-likeness (QED) is 0.195. The lowest BCUT2D eigenvalue weighted by Gasteiger charge is -2.35. The second-order valence-electron chi connectivity index (χ2n) is 10.7. The minimum atomic E-state index is -0.607. The summed E-state index contributed by atoms with van der Waals surface area (Å²) in [5, 5.41) is 6.51. The Hall–Kier alpha value is -3.45. The van der Waals surface area contributed by atoms with Crippen LogP contribution < -0.4 is 22.1 Å². The lowest BCUT2D eigenvalue weighted by molar-refractivity contribution is -0.133. The van der Waals surface area contributed by atoms with E-state index < -0.39 is 5.91 Å². The number of aliphatic imine (C=N–C) groups is 1. The fourth-order valence-corrected chi connectivity index (χ4v) is 5.40. The molecule has 7 N–H and O–H groups in total. The molecule has 1 fully saturated rings. The molecule has 220 valence electrons. The van der Waals surface area contributed by atoms with E-state index in [0.29, 0.717) is 24.6 Å². The third kappa shape index (κ3) is 8.04. The minimum absolute atomic E-state index is 0.0400. The van der Waals surface area contributed by atoms with Gasteiger partial charge in [0, 0.05) is 45.7 Å². The number of aromatic nitrogens is 4. The number of nitrogens with one attached hydrogen (secondary N) is 3. The molecule has 40 heavy (non-hydrogen) atoms. The van der Waals surface area contributed by atoms with Gasteiger partial charge in [-0.15, -0.1) is 0 Å². The number of nitrogens with two attached hydrogens (primary N) is 2. The number of unbranched alkanes of at least 4 members (excludes halogenated alkanes) is 7. The number of H-pyrrole nitrogens is 1. The summed E-state index contributed by atoms with van der Waals surface area (Å²) >= 11 is 0. The van der Waals surface area contributed by atoms with Gasteiger partial charge in [-0.1, -0.05) is 38.5 Å². The van der Waals surface area contributed by atoms with Crippen molar-refractivity contribution in [2.75, 3.05) is 50.3 Å². The minimum Gasteiger partial charge on any atom is -0.383 e. The fourth-order valence-electron chi connectivity index (χ4n) is 5.40. The van der Waals surface area contributed by atoms with Crippen molar-refractivity contribution in [3.8, 4) is 0 Å². The number of piperazine rings is 1. The van der Waals surface area contributed by atoms with Crippen molar-refractivity contribution in [2.45, 2.75) is 77.4 Å². The number of rotatable bonds is 16. The topological polar surface area (TPSA) is 176 Å². The van der Waals surface area contributed by atoms with Crippen LogP contribution in [0.25, 0.3) is 0 Å². The van der Waals surface area contributed by atoms with Gasteiger partial charge in [-0.2, -0.15) is 0 Å². The van der Waals surface area contributed by atoms with E-state index in [1.165, 1.54) is 32.1 Å². The number of hydrogen-bond acceptors (Lipinski definition) is 9. The maximum absolute atomic E-state index is 12.7. The lowest BCUT2D eigenvalue weighted by atomic mass is 10.1. The number of primary amides is 1. The Kier molecular flexibility index (Phi) is 10.9. The number of nitrogens with zero attached hydrogens (tertiary/aromatic N) is 6. The maximum atomic E-state index is 12.7.